The topological polar surface area (TPSA) is 94.8 Å². The number of carbonyl (C=O) groups is 2. The molecule has 0 aromatic heterocycles. The van der Waals surface area contributed by atoms with E-state index >= 15 is 0 Å². The summed E-state index contributed by atoms with van der Waals surface area (Å²) in [7, 11) is 0. The predicted molar refractivity (Wildman–Crippen MR) is 121 cm³/mol. The Balaban J connectivity index is 1.69. The third-order valence-electron chi connectivity index (χ3n) is 5.48. The van der Waals surface area contributed by atoms with Crippen molar-refractivity contribution >= 4 is 23.3 Å². The molecule has 2 aromatic rings. The maximum absolute atomic E-state index is 13.2. The zero-order valence-electron chi connectivity index (χ0n) is 18.3. The molecule has 0 spiro atoms. The quantitative estimate of drug-likeness (QED) is 0.588. The van der Waals surface area contributed by atoms with Crippen molar-refractivity contribution < 1.29 is 14.3 Å². The maximum atomic E-state index is 13.2. The van der Waals surface area contributed by atoms with Crippen LogP contribution in [0.25, 0.3) is 5.70 Å². The number of morpholine rings is 1. The van der Waals surface area contributed by atoms with E-state index in [-0.39, 0.29) is 35.3 Å². The molecule has 0 bridgehead atoms. The van der Waals surface area contributed by atoms with E-state index in [4.69, 9.17) is 4.74 Å². The van der Waals surface area contributed by atoms with Gasteiger partial charge < -0.3 is 15.0 Å². The maximum Gasteiger partial charge on any atom is 0.266 e. The Bertz CT molecular complexity index is 1160. The first-order valence-corrected chi connectivity index (χ1v) is 10.5. The zero-order valence-corrected chi connectivity index (χ0v) is 18.3. The van der Waals surface area contributed by atoms with Crippen LogP contribution in [0, 0.1) is 18.3 Å². The summed E-state index contributed by atoms with van der Waals surface area (Å²) in [6.07, 6.45) is -0.229. The van der Waals surface area contributed by atoms with E-state index in [1.165, 1.54) is 0 Å². The molecule has 4 rings (SSSR count). The Morgan fingerprint density at radius 3 is 2.31 bits per heavy atom. The third kappa shape index (κ3) is 4.18. The Labute approximate surface area is 187 Å². The number of benzene rings is 2. The van der Waals surface area contributed by atoms with Crippen LogP contribution < -0.4 is 5.32 Å². The lowest BCUT2D eigenvalue weighted by Gasteiger charge is -2.35. The highest BCUT2D eigenvalue weighted by Gasteiger charge is 2.32. The number of hydrogen-bond acceptors (Lipinski definition) is 5. The number of nitrogens with zero attached hydrogens (tertiary/aromatic N) is 3. The van der Waals surface area contributed by atoms with Gasteiger partial charge in [0.15, 0.2) is 0 Å². The molecule has 7 nitrogen and oxygen atoms in total. The van der Waals surface area contributed by atoms with Crippen molar-refractivity contribution in [3.63, 3.8) is 0 Å². The third-order valence-corrected chi connectivity index (χ3v) is 5.48. The normalized spacial score (nSPS) is 21.3. The number of rotatable bonds is 2. The zero-order chi connectivity index (χ0) is 22.8. The number of carbonyl (C=O) groups excluding carboxylic acids is 2. The summed E-state index contributed by atoms with van der Waals surface area (Å²) < 4.78 is 5.70. The fraction of sp³-hybridized carbons (Fsp3) is 0.280. The van der Waals surface area contributed by atoms with Crippen molar-refractivity contribution in [1.82, 2.24) is 10.2 Å². The number of nitrogens with one attached hydrogen (secondary N) is 1. The van der Waals surface area contributed by atoms with Gasteiger partial charge in [-0.05, 0) is 32.9 Å². The fourth-order valence-corrected chi connectivity index (χ4v) is 4.00. The number of fused-ring (bicyclic) bond motifs is 1. The fourth-order valence-electron chi connectivity index (χ4n) is 4.00. The Kier molecular flexibility index (Phi) is 5.89. The number of amidine groups is 1. The summed E-state index contributed by atoms with van der Waals surface area (Å²) in [6, 6.07) is 16.5. The molecule has 0 radical (unpaired) electrons. The van der Waals surface area contributed by atoms with Gasteiger partial charge in [-0.2, -0.15) is 5.26 Å². The van der Waals surface area contributed by atoms with E-state index in [9.17, 15) is 14.9 Å². The molecule has 2 amide bonds. The Morgan fingerprint density at radius 2 is 1.69 bits per heavy atom. The van der Waals surface area contributed by atoms with E-state index in [1.54, 1.807) is 23.1 Å². The van der Waals surface area contributed by atoms with Crippen LogP contribution in [-0.4, -0.2) is 47.8 Å². The van der Waals surface area contributed by atoms with Crippen LogP contribution in [-0.2, 0) is 9.53 Å². The summed E-state index contributed by atoms with van der Waals surface area (Å²) >= 11 is 0. The first-order chi connectivity index (χ1) is 15.4. The average molecular weight is 428 g/mol. The van der Waals surface area contributed by atoms with Gasteiger partial charge in [-0.3, -0.25) is 9.59 Å². The summed E-state index contributed by atoms with van der Waals surface area (Å²) in [6.45, 7) is 6.56. The number of aliphatic imine (C=N–C) groups is 1. The van der Waals surface area contributed by atoms with Gasteiger partial charge in [0, 0.05) is 29.8 Å². The van der Waals surface area contributed by atoms with Gasteiger partial charge in [-0.25, -0.2) is 4.99 Å². The summed E-state index contributed by atoms with van der Waals surface area (Å²) in [4.78, 5) is 32.1. The molecule has 2 aliphatic rings. The number of ether oxygens (including phenoxy) is 1. The molecule has 2 aliphatic heterocycles. The molecule has 1 saturated heterocycles. The number of aryl methyl sites for hydroxylation is 1. The molecule has 2 heterocycles. The van der Waals surface area contributed by atoms with Crippen molar-refractivity contribution in [3.05, 3.63) is 76.4 Å². The van der Waals surface area contributed by atoms with E-state index in [0.29, 0.717) is 35.6 Å². The van der Waals surface area contributed by atoms with Crippen molar-refractivity contribution in [2.45, 2.75) is 33.0 Å². The van der Waals surface area contributed by atoms with E-state index in [0.717, 1.165) is 5.56 Å². The molecule has 2 atom stereocenters. The van der Waals surface area contributed by atoms with Gasteiger partial charge in [-0.1, -0.05) is 42.0 Å². The van der Waals surface area contributed by atoms with Crippen molar-refractivity contribution in [1.29, 1.82) is 5.26 Å². The minimum Gasteiger partial charge on any atom is -0.372 e. The summed E-state index contributed by atoms with van der Waals surface area (Å²) in [5.74, 6) is -0.361. The van der Waals surface area contributed by atoms with Gasteiger partial charge in [0.05, 0.1) is 17.9 Å². The second-order valence-electron chi connectivity index (χ2n) is 8.13. The molecule has 1 fully saturated rings. The largest absolute Gasteiger partial charge is 0.372 e. The molecule has 0 saturated carbocycles. The lowest BCUT2D eigenvalue weighted by Crippen LogP contribution is -2.48. The highest BCUT2D eigenvalue weighted by molar-refractivity contribution is 6.20. The van der Waals surface area contributed by atoms with Crippen LogP contribution in [0.5, 0.6) is 0 Å². The standard InChI is InChI=1S/C25H24N4O3/c1-15-8-10-18(11-9-15)24(30)28-23-20-7-5-4-6-19(20)22(27-23)21(12-26)25(31)29-13-16(2)32-17(3)14-29/h4-11,16-17H,13-14H2,1-3H3,(H,27,28,30). The molecule has 162 valence electrons. The Morgan fingerprint density at radius 1 is 1.06 bits per heavy atom. The summed E-state index contributed by atoms with van der Waals surface area (Å²) in [5.41, 5.74) is 3.11. The molecule has 2 aromatic carbocycles. The SMILES string of the molecule is Cc1ccc(C(=O)NC2=NC(=C(C#N)C(=O)N3CC(C)OC(C)C3)c3ccccc32)cc1. The number of nitriles is 1. The van der Waals surface area contributed by atoms with Crippen molar-refractivity contribution in [3.8, 4) is 6.07 Å². The van der Waals surface area contributed by atoms with Crippen LogP contribution in [0.3, 0.4) is 0 Å². The van der Waals surface area contributed by atoms with Gasteiger partial charge in [0.1, 0.15) is 17.5 Å². The number of amides is 2. The van der Waals surface area contributed by atoms with E-state index in [1.807, 2.05) is 51.1 Å². The Hall–Kier alpha value is -3.76. The first kappa shape index (κ1) is 21.5. The highest BCUT2D eigenvalue weighted by Crippen LogP contribution is 2.31. The van der Waals surface area contributed by atoms with Crippen LogP contribution in [0.1, 0.15) is 40.9 Å². The molecule has 0 aliphatic carbocycles. The van der Waals surface area contributed by atoms with Crippen LogP contribution in [0.2, 0.25) is 0 Å². The number of hydrogen-bond donors (Lipinski definition) is 1. The second-order valence-corrected chi connectivity index (χ2v) is 8.13. The molecule has 2 unspecified atom stereocenters. The predicted octanol–water partition coefficient (Wildman–Crippen LogP) is 3.06. The average Bonchev–Trinajstić information content (AvgIpc) is 3.12. The van der Waals surface area contributed by atoms with Gasteiger partial charge >= 0.3 is 0 Å². The van der Waals surface area contributed by atoms with Crippen molar-refractivity contribution in [2.75, 3.05) is 13.1 Å². The van der Waals surface area contributed by atoms with Gasteiger partial charge in [-0.15, -0.1) is 0 Å². The van der Waals surface area contributed by atoms with Gasteiger partial charge in [0.2, 0.25) is 0 Å². The second kappa shape index (κ2) is 8.77. The minimum absolute atomic E-state index is 0.0432. The smallest absolute Gasteiger partial charge is 0.266 e. The molecule has 7 heteroatoms. The molecular formula is C25H24N4O3. The summed E-state index contributed by atoms with van der Waals surface area (Å²) in [5, 5.41) is 12.7. The minimum atomic E-state index is -0.380. The van der Waals surface area contributed by atoms with E-state index < -0.39 is 0 Å². The monoisotopic (exact) mass is 428 g/mol. The van der Waals surface area contributed by atoms with Gasteiger partial charge in [0.25, 0.3) is 11.8 Å². The first-order valence-electron chi connectivity index (χ1n) is 10.5. The van der Waals surface area contributed by atoms with Crippen LogP contribution >= 0.6 is 0 Å². The van der Waals surface area contributed by atoms with Crippen molar-refractivity contribution in [2.24, 2.45) is 4.99 Å². The lowest BCUT2D eigenvalue weighted by molar-refractivity contribution is -0.138. The van der Waals surface area contributed by atoms with Crippen LogP contribution in [0.4, 0.5) is 0 Å². The molecular weight excluding hydrogens is 404 g/mol. The van der Waals surface area contributed by atoms with E-state index in [2.05, 4.69) is 16.4 Å². The van der Waals surface area contributed by atoms with Crippen LogP contribution in [0.15, 0.2) is 59.1 Å². The highest BCUT2D eigenvalue weighted by atomic mass is 16.5. The molecule has 1 N–H and O–H groups in total. The molecule has 32 heavy (non-hydrogen) atoms. The lowest BCUT2D eigenvalue weighted by atomic mass is 10.0.